The molecule has 2 N–H and O–H groups in total. The van der Waals surface area contributed by atoms with Crippen LogP contribution >= 0.6 is 45.9 Å². The van der Waals surface area contributed by atoms with Crippen LogP contribution in [0, 0.1) is 13.8 Å². The van der Waals surface area contributed by atoms with Crippen LogP contribution in [0.25, 0.3) is 20.4 Å². The van der Waals surface area contributed by atoms with Crippen LogP contribution in [0.3, 0.4) is 0 Å². The van der Waals surface area contributed by atoms with Crippen molar-refractivity contribution in [2.24, 2.45) is 0 Å². The number of ketones is 1. The summed E-state index contributed by atoms with van der Waals surface area (Å²) in [6.07, 6.45) is 0.876. The van der Waals surface area contributed by atoms with E-state index in [4.69, 9.17) is 27.9 Å². The Balaban J connectivity index is 1.39. The summed E-state index contributed by atoms with van der Waals surface area (Å²) in [5.74, 6) is 0.395. The first-order chi connectivity index (χ1) is 17.4. The SMILES string of the molecule is Cc1cc2c(cc1C)C(=O)C(=CNc1nc3c(Cl)cccc3s1)C(Nc1nc3c(Cl)cccc3s1)O2. The number of halogens is 2. The lowest BCUT2D eigenvalue weighted by Gasteiger charge is -2.28. The van der Waals surface area contributed by atoms with E-state index in [1.165, 1.54) is 22.7 Å². The molecule has 180 valence electrons. The van der Waals surface area contributed by atoms with E-state index in [0.717, 1.165) is 20.5 Å². The summed E-state index contributed by atoms with van der Waals surface area (Å²) in [4.78, 5) is 22.8. The van der Waals surface area contributed by atoms with E-state index in [2.05, 4.69) is 20.6 Å². The summed E-state index contributed by atoms with van der Waals surface area (Å²) in [5.41, 5.74) is 4.41. The Bertz CT molecular complexity index is 1710. The summed E-state index contributed by atoms with van der Waals surface area (Å²) in [5, 5.41) is 8.83. The third kappa shape index (κ3) is 4.10. The van der Waals surface area contributed by atoms with E-state index in [-0.39, 0.29) is 5.78 Å². The predicted octanol–water partition coefficient (Wildman–Crippen LogP) is 7.84. The van der Waals surface area contributed by atoms with E-state index in [9.17, 15) is 4.79 Å². The molecular formula is C26H18Cl2N4O2S2. The van der Waals surface area contributed by atoms with Gasteiger partial charge in [-0.2, -0.15) is 0 Å². The number of aromatic nitrogens is 2. The van der Waals surface area contributed by atoms with Crippen molar-refractivity contribution in [1.82, 2.24) is 9.97 Å². The van der Waals surface area contributed by atoms with E-state index in [1.54, 1.807) is 18.3 Å². The number of Topliss-reactive ketones (excluding diaryl/α,β-unsaturated/α-hetero) is 1. The summed E-state index contributed by atoms with van der Waals surface area (Å²) in [6.45, 7) is 3.97. The van der Waals surface area contributed by atoms with Crippen molar-refractivity contribution in [3.05, 3.63) is 87.0 Å². The van der Waals surface area contributed by atoms with Crippen LogP contribution in [0.15, 0.2) is 60.3 Å². The van der Waals surface area contributed by atoms with Crippen LogP contribution in [0.5, 0.6) is 5.75 Å². The molecule has 5 aromatic rings. The second-order valence-electron chi connectivity index (χ2n) is 8.36. The van der Waals surface area contributed by atoms with Crippen molar-refractivity contribution in [3.8, 4) is 5.75 Å². The zero-order valence-corrected chi connectivity index (χ0v) is 22.2. The molecule has 0 amide bonds. The van der Waals surface area contributed by atoms with Crippen molar-refractivity contribution in [2.75, 3.05) is 10.6 Å². The van der Waals surface area contributed by atoms with Crippen molar-refractivity contribution in [3.63, 3.8) is 0 Å². The Morgan fingerprint density at radius 3 is 2.19 bits per heavy atom. The Morgan fingerprint density at radius 2 is 1.53 bits per heavy atom. The lowest BCUT2D eigenvalue weighted by Crippen LogP contribution is -2.37. The number of hydrogen-bond acceptors (Lipinski definition) is 8. The molecular weight excluding hydrogens is 535 g/mol. The van der Waals surface area contributed by atoms with Gasteiger partial charge in [-0.1, -0.05) is 58.0 Å². The summed E-state index contributed by atoms with van der Waals surface area (Å²) < 4.78 is 8.19. The molecule has 1 aliphatic rings. The number of hydrogen-bond donors (Lipinski definition) is 2. The molecule has 0 spiro atoms. The molecule has 36 heavy (non-hydrogen) atoms. The van der Waals surface area contributed by atoms with Crippen molar-refractivity contribution < 1.29 is 9.53 Å². The maximum absolute atomic E-state index is 13.7. The number of ether oxygens (including phenoxy) is 1. The number of carbonyl (C=O) groups excluding carboxylic acids is 1. The van der Waals surface area contributed by atoms with Gasteiger partial charge in [0.25, 0.3) is 0 Å². The van der Waals surface area contributed by atoms with Gasteiger partial charge in [0.05, 0.1) is 30.6 Å². The smallest absolute Gasteiger partial charge is 0.203 e. The molecule has 2 aromatic heterocycles. The number of fused-ring (bicyclic) bond motifs is 3. The molecule has 6 nitrogen and oxygen atoms in total. The fraction of sp³-hybridized carbons (Fsp3) is 0.115. The predicted molar refractivity (Wildman–Crippen MR) is 149 cm³/mol. The van der Waals surface area contributed by atoms with Gasteiger partial charge in [-0.05, 0) is 61.4 Å². The van der Waals surface area contributed by atoms with Gasteiger partial charge in [0.1, 0.15) is 16.8 Å². The number of anilines is 2. The molecule has 0 bridgehead atoms. The lowest BCUT2D eigenvalue weighted by atomic mass is 9.95. The summed E-state index contributed by atoms with van der Waals surface area (Å²) >= 11 is 15.5. The zero-order valence-electron chi connectivity index (χ0n) is 19.1. The molecule has 6 rings (SSSR count). The standard InChI is InChI=1S/C26H18Cl2N4O2S2/c1-12-9-14-18(10-13(12)2)34-24(32-26-31-22-17(28)6-4-8-20(22)36-26)15(23(14)33)11-29-25-30-21-16(27)5-3-7-19(21)35-25/h3-11,24H,1-2H3,(H,29,30)(H,31,32). The zero-order chi connectivity index (χ0) is 25.0. The first kappa shape index (κ1) is 23.2. The number of thiazole rings is 2. The van der Waals surface area contributed by atoms with Gasteiger partial charge in [0, 0.05) is 6.20 Å². The minimum atomic E-state index is -0.767. The number of nitrogens with zero attached hydrogens (tertiary/aromatic N) is 2. The number of carbonyl (C=O) groups is 1. The quantitative estimate of drug-likeness (QED) is 0.221. The van der Waals surface area contributed by atoms with Gasteiger partial charge in [0.15, 0.2) is 16.0 Å². The highest BCUT2D eigenvalue weighted by Gasteiger charge is 2.33. The largest absolute Gasteiger partial charge is 0.465 e. The molecule has 3 aromatic carbocycles. The molecule has 3 heterocycles. The van der Waals surface area contributed by atoms with Crippen LogP contribution in [-0.4, -0.2) is 22.0 Å². The van der Waals surface area contributed by atoms with Crippen LogP contribution in [0.2, 0.25) is 10.0 Å². The Kier molecular flexibility index (Phi) is 5.84. The molecule has 1 atom stereocenters. The molecule has 10 heteroatoms. The van der Waals surface area contributed by atoms with E-state index in [0.29, 0.717) is 48.2 Å². The third-order valence-electron chi connectivity index (χ3n) is 5.98. The average molecular weight is 553 g/mol. The average Bonchev–Trinajstić information content (AvgIpc) is 3.46. The van der Waals surface area contributed by atoms with Crippen molar-refractivity contribution in [1.29, 1.82) is 0 Å². The Hall–Kier alpha value is -3.17. The van der Waals surface area contributed by atoms with Crippen LogP contribution in [-0.2, 0) is 0 Å². The van der Waals surface area contributed by atoms with Crippen molar-refractivity contribution in [2.45, 2.75) is 20.1 Å². The van der Waals surface area contributed by atoms with E-state index < -0.39 is 6.23 Å². The number of para-hydroxylation sites is 2. The highest BCUT2D eigenvalue weighted by molar-refractivity contribution is 7.22. The molecule has 0 saturated heterocycles. The van der Waals surface area contributed by atoms with Gasteiger partial charge in [0.2, 0.25) is 6.23 Å². The minimum Gasteiger partial charge on any atom is -0.465 e. The molecule has 1 unspecified atom stereocenters. The van der Waals surface area contributed by atoms with Gasteiger partial charge in [-0.15, -0.1) is 0 Å². The molecule has 0 saturated carbocycles. The third-order valence-corrected chi connectivity index (χ3v) is 8.49. The number of benzene rings is 3. The maximum Gasteiger partial charge on any atom is 0.203 e. The first-order valence-electron chi connectivity index (χ1n) is 11.0. The molecule has 0 aliphatic carbocycles. The number of rotatable bonds is 4. The Morgan fingerprint density at radius 1 is 0.917 bits per heavy atom. The monoisotopic (exact) mass is 552 g/mol. The maximum atomic E-state index is 13.7. The molecule has 1 aliphatic heterocycles. The van der Waals surface area contributed by atoms with Gasteiger partial charge >= 0.3 is 0 Å². The molecule has 0 fully saturated rings. The van der Waals surface area contributed by atoms with Crippen molar-refractivity contribution >= 4 is 82.4 Å². The van der Waals surface area contributed by atoms with Gasteiger partial charge in [-0.25, -0.2) is 9.97 Å². The van der Waals surface area contributed by atoms with Crippen LogP contribution in [0.1, 0.15) is 21.5 Å². The van der Waals surface area contributed by atoms with Gasteiger partial charge in [-0.3, -0.25) is 4.79 Å². The Labute approximate surface area is 224 Å². The van der Waals surface area contributed by atoms with Crippen LogP contribution < -0.4 is 15.4 Å². The van der Waals surface area contributed by atoms with Gasteiger partial charge < -0.3 is 15.4 Å². The highest BCUT2D eigenvalue weighted by Crippen LogP contribution is 2.37. The highest BCUT2D eigenvalue weighted by atomic mass is 35.5. The second-order valence-corrected chi connectivity index (χ2v) is 11.2. The number of aryl methyl sites for hydroxylation is 2. The molecule has 0 radical (unpaired) electrons. The van der Waals surface area contributed by atoms with E-state index >= 15 is 0 Å². The first-order valence-corrected chi connectivity index (χ1v) is 13.4. The normalized spacial score (nSPS) is 16.4. The number of nitrogens with one attached hydrogen (secondary N) is 2. The fourth-order valence-corrected chi connectivity index (χ4v) is 6.30. The summed E-state index contributed by atoms with van der Waals surface area (Å²) in [6, 6.07) is 15.0. The minimum absolute atomic E-state index is 0.136. The topological polar surface area (TPSA) is 76.1 Å². The lowest BCUT2D eigenvalue weighted by molar-refractivity contribution is 0.0973. The van der Waals surface area contributed by atoms with E-state index in [1.807, 2.05) is 50.2 Å². The summed E-state index contributed by atoms with van der Waals surface area (Å²) in [7, 11) is 0. The second kappa shape index (κ2) is 9.05. The fourth-order valence-electron chi connectivity index (χ4n) is 3.98. The van der Waals surface area contributed by atoms with Crippen LogP contribution in [0.4, 0.5) is 10.3 Å².